The zero-order valence-electron chi connectivity index (χ0n) is 8.49. The number of H-pyrrole nitrogens is 1. The number of nitrogens with zero attached hydrogens (tertiary/aromatic N) is 2. The fourth-order valence-electron chi connectivity index (χ4n) is 1.66. The first-order valence-corrected chi connectivity index (χ1v) is 6.01. The van der Waals surface area contributed by atoms with Crippen molar-refractivity contribution in [1.29, 1.82) is 0 Å². The molecule has 3 nitrogen and oxygen atoms in total. The Hall–Kier alpha value is -1.39. The van der Waals surface area contributed by atoms with Crippen molar-refractivity contribution >= 4 is 34.0 Å². The second-order valence-corrected chi connectivity index (χ2v) is 5.12. The van der Waals surface area contributed by atoms with E-state index in [-0.39, 0.29) is 5.28 Å². The first-order chi connectivity index (χ1) is 7.74. The Balaban J connectivity index is 2.33. The Bertz CT molecular complexity index is 656. The monoisotopic (exact) mass is 249 g/mol. The smallest absolute Gasteiger partial charge is 0.224 e. The Morgan fingerprint density at radius 1 is 1.25 bits per heavy atom. The van der Waals surface area contributed by atoms with E-state index in [1.807, 2.05) is 12.3 Å². The number of thiophene rings is 1. The molecule has 0 aliphatic heterocycles. The van der Waals surface area contributed by atoms with Crippen LogP contribution in [0, 0.1) is 6.92 Å². The van der Waals surface area contributed by atoms with Crippen LogP contribution in [0.1, 0.15) is 4.88 Å². The van der Waals surface area contributed by atoms with Crippen LogP contribution >= 0.6 is 22.9 Å². The zero-order valence-corrected chi connectivity index (χ0v) is 10.1. The molecule has 0 spiro atoms. The molecule has 1 N–H and O–H groups in total. The summed E-state index contributed by atoms with van der Waals surface area (Å²) >= 11 is 7.60. The number of rotatable bonds is 1. The molecule has 0 saturated carbocycles. The van der Waals surface area contributed by atoms with Crippen molar-refractivity contribution in [2.24, 2.45) is 0 Å². The summed E-state index contributed by atoms with van der Waals surface area (Å²) in [5.41, 5.74) is 1.68. The summed E-state index contributed by atoms with van der Waals surface area (Å²) in [5.74, 6) is 0. The van der Waals surface area contributed by atoms with Gasteiger partial charge in [0.1, 0.15) is 5.65 Å². The minimum Gasteiger partial charge on any atom is -0.346 e. The molecule has 0 atom stereocenters. The topological polar surface area (TPSA) is 41.6 Å². The summed E-state index contributed by atoms with van der Waals surface area (Å²) in [5, 5.41) is 1.28. The molecular formula is C11H8ClN3S. The zero-order chi connectivity index (χ0) is 11.1. The van der Waals surface area contributed by atoms with Crippen LogP contribution in [0.2, 0.25) is 5.28 Å². The Kier molecular flexibility index (Phi) is 2.19. The van der Waals surface area contributed by atoms with Gasteiger partial charge in [-0.1, -0.05) is 0 Å². The minimum atomic E-state index is 0.274. The maximum absolute atomic E-state index is 5.90. The molecule has 0 unspecified atom stereocenters. The first kappa shape index (κ1) is 9.81. The van der Waals surface area contributed by atoms with Crippen LogP contribution < -0.4 is 0 Å². The van der Waals surface area contributed by atoms with Crippen molar-refractivity contribution in [2.75, 3.05) is 0 Å². The molecule has 0 radical (unpaired) electrons. The summed E-state index contributed by atoms with van der Waals surface area (Å²) in [6.45, 7) is 2.07. The summed E-state index contributed by atoms with van der Waals surface area (Å²) in [7, 11) is 0. The molecule has 16 heavy (non-hydrogen) atoms. The molecule has 0 saturated heterocycles. The van der Waals surface area contributed by atoms with Gasteiger partial charge in [-0.15, -0.1) is 11.3 Å². The number of aromatic amines is 1. The average molecular weight is 250 g/mol. The Morgan fingerprint density at radius 3 is 2.88 bits per heavy atom. The molecular weight excluding hydrogens is 242 g/mol. The van der Waals surface area contributed by atoms with Crippen molar-refractivity contribution < 1.29 is 0 Å². The van der Waals surface area contributed by atoms with Crippen molar-refractivity contribution in [2.45, 2.75) is 6.92 Å². The van der Waals surface area contributed by atoms with Crippen LogP contribution in [0.25, 0.3) is 21.6 Å². The molecule has 3 aromatic heterocycles. The number of nitrogens with one attached hydrogen (secondary N) is 1. The van der Waals surface area contributed by atoms with Gasteiger partial charge in [0, 0.05) is 16.5 Å². The number of hydrogen-bond acceptors (Lipinski definition) is 3. The number of fused-ring (bicyclic) bond motifs is 1. The third-order valence-electron chi connectivity index (χ3n) is 2.36. The fraction of sp³-hybridized carbons (Fsp3) is 0.0909. The number of hydrogen-bond donors (Lipinski definition) is 1. The second-order valence-electron chi connectivity index (χ2n) is 3.49. The average Bonchev–Trinajstić information content (AvgIpc) is 2.84. The number of aromatic nitrogens is 3. The molecule has 0 aliphatic carbocycles. The predicted molar refractivity (Wildman–Crippen MR) is 66.9 cm³/mol. The molecule has 0 aromatic carbocycles. The van der Waals surface area contributed by atoms with Crippen molar-refractivity contribution in [3.8, 4) is 10.6 Å². The van der Waals surface area contributed by atoms with E-state index in [1.54, 1.807) is 11.3 Å². The molecule has 0 bridgehead atoms. The van der Waals surface area contributed by atoms with E-state index in [9.17, 15) is 0 Å². The van der Waals surface area contributed by atoms with Gasteiger partial charge in [-0.05, 0) is 36.7 Å². The fourth-order valence-corrected chi connectivity index (χ4v) is 2.70. The molecule has 3 rings (SSSR count). The van der Waals surface area contributed by atoms with Crippen LogP contribution in [-0.2, 0) is 0 Å². The van der Waals surface area contributed by atoms with Crippen molar-refractivity contribution in [1.82, 2.24) is 15.0 Å². The van der Waals surface area contributed by atoms with Crippen LogP contribution in [0.5, 0.6) is 0 Å². The maximum atomic E-state index is 5.90. The van der Waals surface area contributed by atoms with Gasteiger partial charge in [-0.2, -0.15) is 4.98 Å². The van der Waals surface area contributed by atoms with Gasteiger partial charge >= 0.3 is 0 Å². The summed E-state index contributed by atoms with van der Waals surface area (Å²) in [6.07, 6.45) is 1.85. The largest absolute Gasteiger partial charge is 0.346 e. The highest BCUT2D eigenvalue weighted by Crippen LogP contribution is 2.31. The summed E-state index contributed by atoms with van der Waals surface area (Å²) < 4.78 is 0. The molecule has 3 heterocycles. The standard InChI is InChI=1S/C11H8ClN3S/c1-6-2-3-8(16-6)9-7-4-5-13-10(7)15-11(12)14-9/h2-5H,1H3,(H,13,14,15). The molecule has 0 amide bonds. The lowest BCUT2D eigenvalue weighted by atomic mass is 10.2. The predicted octanol–water partition coefficient (Wildman–Crippen LogP) is 3.65. The number of halogens is 1. The minimum absolute atomic E-state index is 0.274. The molecule has 80 valence electrons. The lowest BCUT2D eigenvalue weighted by Crippen LogP contribution is -1.87. The van der Waals surface area contributed by atoms with E-state index in [1.165, 1.54) is 4.88 Å². The van der Waals surface area contributed by atoms with Crippen molar-refractivity contribution in [3.05, 3.63) is 34.6 Å². The Labute approximate surface area is 101 Å². The van der Waals surface area contributed by atoms with E-state index < -0.39 is 0 Å². The lowest BCUT2D eigenvalue weighted by molar-refractivity contribution is 1.21. The lowest BCUT2D eigenvalue weighted by Gasteiger charge is -1.99. The normalized spacial score (nSPS) is 11.1. The van der Waals surface area contributed by atoms with Gasteiger partial charge in [0.25, 0.3) is 0 Å². The van der Waals surface area contributed by atoms with Gasteiger partial charge < -0.3 is 4.98 Å². The summed E-state index contributed by atoms with van der Waals surface area (Å²) in [4.78, 5) is 13.9. The first-order valence-electron chi connectivity index (χ1n) is 4.81. The van der Waals surface area contributed by atoms with E-state index >= 15 is 0 Å². The van der Waals surface area contributed by atoms with E-state index in [0.29, 0.717) is 0 Å². The molecule has 5 heteroatoms. The van der Waals surface area contributed by atoms with Gasteiger partial charge in [-0.3, -0.25) is 0 Å². The van der Waals surface area contributed by atoms with E-state index in [0.717, 1.165) is 21.6 Å². The van der Waals surface area contributed by atoms with Crippen molar-refractivity contribution in [3.63, 3.8) is 0 Å². The highest BCUT2D eigenvalue weighted by molar-refractivity contribution is 7.15. The SMILES string of the molecule is Cc1ccc(-c2nc(Cl)nc3[nH]ccc23)s1. The van der Waals surface area contributed by atoms with Crippen LogP contribution in [-0.4, -0.2) is 15.0 Å². The maximum Gasteiger partial charge on any atom is 0.224 e. The summed E-state index contributed by atoms with van der Waals surface area (Å²) in [6, 6.07) is 6.11. The van der Waals surface area contributed by atoms with E-state index in [4.69, 9.17) is 11.6 Å². The molecule has 0 fully saturated rings. The third-order valence-corrected chi connectivity index (χ3v) is 3.54. The van der Waals surface area contributed by atoms with Gasteiger partial charge in [0.2, 0.25) is 5.28 Å². The van der Waals surface area contributed by atoms with Gasteiger partial charge in [-0.25, -0.2) is 4.98 Å². The van der Waals surface area contributed by atoms with Crippen LogP contribution in [0.3, 0.4) is 0 Å². The third kappa shape index (κ3) is 1.50. The highest BCUT2D eigenvalue weighted by Gasteiger charge is 2.10. The van der Waals surface area contributed by atoms with Crippen LogP contribution in [0.15, 0.2) is 24.4 Å². The number of aryl methyl sites for hydroxylation is 1. The van der Waals surface area contributed by atoms with Gasteiger partial charge in [0.15, 0.2) is 0 Å². The molecule has 0 aliphatic rings. The quantitative estimate of drug-likeness (QED) is 0.669. The second kappa shape index (κ2) is 3.57. The van der Waals surface area contributed by atoms with Gasteiger partial charge in [0.05, 0.1) is 10.6 Å². The molecule has 3 aromatic rings. The van der Waals surface area contributed by atoms with E-state index in [2.05, 4.69) is 34.0 Å². The Morgan fingerprint density at radius 2 is 2.12 bits per heavy atom. The highest BCUT2D eigenvalue weighted by atomic mass is 35.5. The van der Waals surface area contributed by atoms with Crippen LogP contribution in [0.4, 0.5) is 0 Å².